The first-order valence-electron chi connectivity index (χ1n) is 5.49. The highest BCUT2D eigenvalue weighted by molar-refractivity contribution is 6.03. The van der Waals surface area contributed by atoms with Crippen LogP contribution in [0.15, 0.2) is 18.2 Å². The average Bonchev–Trinajstić information content (AvgIpc) is 2.58. The van der Waals surface area contributed by atoms with Crippen molar-refractivity contribution in [2.75, 3.05) is 6.61 Å². The SMILES string of the molecule is CCOc1ccc2c(c1)C(=O)[C@H](CC=O)C2. The molecule has 16 heavy (non-hydrogen) atoms. The van der Waals surface area contributed by atoms with E-state index in [4.69, 9.17) is 4.74 Å². The summed E-state index contributed by atoms with van der Waals surface area (Å²) in [6, 6.07) is 5.58. The zero-order chi connectivity index (χ0) is 11.5. The van der Waals surface area contributed by atoms with Gasteiger partial charge in [-0.25, -0.2) is 0 Å². The van der Waals surface area contributed by atoms with Gasteiger partial charge in [-0.05, 0) is 31.0 Å². The molecule has 0 saturated heterocycles. The average molecular weight is 218 g/mol. The summed E-state index contributed by atoms with van der Waals surface area (Å²) in [4.78, 5) is 22.4. The summed E-state index contributed by atoms with van der Waals surface area (Å²) >= 11 is 0. The quantitative estimate of drug-likeness (QED) is 0.726. The third-order valence-electron chi connectivity index (χ3n) is 2.88. The van der Waals surface area contributed by atoms with Gasteiger partial charge in [0.15, 0.2) is 5.78 Å². The number of benzene rings is 1. The minimum absolute atomic E-state index is 0.0728. The highest BCUT2D eigenvalue weighted by Gasteiger charge is 2.30. The molecule has 0 spiro atoms. The Morgan fingerprint density at radius 2 is 2.31 bits per heavy atom. The van der Waals surface area contributed by atoms with Gasteiger partial charge in [-0.1, -0.05) is 6.07 Å². The van der Waals surface area contributed by atoms with Gasteiger partial charge in [0, 0.05) is 17.9 Å². The fourth-order valence-electron chi connectivity index (χ4n) is 2.10. The predicted octanol–water partition coefficient (Wildman–Crippen LogP) is 2.03. The van der Waals surface area contributed by atoms with Gasteiger partial charge in [-0.2, -0.15) is 0 Å². The molecule has 1 aliphatic rings. The van der Waals surface area contributed by atoms with Crippen LogP contribution in [0.1, 0.15) is 29.3 Å². The Hall–Kier alpha value is -1.64. The summed E-state index contributed by atoms with van der Waals surface area (Å²) in [5, 5.41) is 0. The first-order valence-corrected chi connectivity index (χ1v) is 5.49. The Balaban J connectivity index is 2.26. The van der Waals surface area contributed by atoms with E-state index < -0.39 is 0 Å². The lowest BCUT2D eigenvalue weighted by Gasteiger charge is -2.04. The molecule has 0 fully saturated rings. The molecule has 0 bridgehead atoms. The van der Waals surface area contributed by atoms with E-state index in [0.29, 0.717) is 19.4 Å². The Morgan fingerprint density at radius 3 is 3.00 bits per heavy atom. The van der Waals surface area contributed by atoms with Crippen LogP contribution in [0.3, 0.4) is 0 Å². The Labute approximate surface area is 94.4 Å². The summed E-state index contributed by atoms with van der Waals surface area (Å²) in [6.45, 7) is 2.50. The molecule has 1 aromatic rings. The number of hydrogen-bond acceptors (Lipinski definition) is 3. The van der Waals surface area contributed by atoms with Gasteiger partial charge in [-0.3, -0.25) is 4.79 Å². The first kappa shape index (κ1) is 10.9. The number of Topliss-reactive ketones (excluding diaryl/α,β-unsaturated/α-hetero) is 1. The molecule has 0 amide bonds. The number of aldehydes is 1. The fraction of sp³-hybridized carbons (Fsp3) is 0.385. The zero-order valence-corrected chi connectivity index (χ0v) is 9.23. The molecule has 0 saturated carbocycles. The lowest BCUT2D eigenvalue weighted by molar-refractivity contribution is -0.108. The van der Waals surface area contributed by atoms with Crippen molar-refractivity contribution in [2.24, 2.45) is 5.92 Å². The van der Waals surface area contributed by atoms with E-state index in [9.17, 15) is 9.59 Å². The van der Waals surface area contributed by atoms with Crippen LogP contribution in [0, 0.1) is 5.92 Å². The number of hydrogen-bond donors (Lipinski definition) is 0. The van der Waals surface area contributed by atoms with E-state index in [2.05, 4.69) is 0 Å². The van der Waals surface area contributed by atoms with Crippen LogP contribution in [0.2, 0.25) is 0 Å². The molecule has 84 valence electrons. The van der Waals surface area contributed by atoms with Crippen LogP contribution >= 0.6 is 0 Å². The van der Waals surface area contributed by atoms with E-state index in [0.717, 1.165) is 23.2 Å². The molecule has 1 atom stereocenters. The van der Waals surface area contributed by atoms with Crippen molar-refractivity contribution in [2.45, 2.75) is 19.8 Å². The van der Waals surface area contributed by atoms with Crippen molar-refractivity contribution in [3.05, 3.63) is 29.3 Å². The van der Waals surface area contributed by atoms with E-state index >= 15 is 0 Å². The molecular formula is C13H14O3. The number of carbonyl (C=O) groups excluding carboxylic acids is 2. The monoisotopic (exact) mass is 218 g/mol. The van der Waals surface area contributed by atoms with E-state index in [-0.39, 0.29) is 11.7 Å². The number of ketones is 1. The van der Waals surface area contributed by atoms with Gasteiger partial charge in [0.05, 0.1) is 6.61 Å². The van der Waals surface area contributed by atoms with Crippen LogP contribution in [-0.4, -0.2) is 18.7 Å². The minimum Gasteiger partial charge on any atom is -0.494 e. The third-order valence-corrected chi connectivity index (χ3v) is 2.88. The predicted molar refractivity (Wildman–Crippen MR) is 59.8 cm³/mol. The van der Waals surface area contributed by atoms with Crippen molar-refractivity contribution in [3.63, 3.8) is 0 Å². The molecule has 3 nitrogen and oxygen atoms in total. The van der Waals surface area contributed by atoms with Gasteiger partial charge in [-0.15, -0.1) is 0 Å². The second-order valence-electron chi connectivity index (χ2n) is 3.92. The van der Waals surface area contributed by atoms with Gasteiger partial charge in [0.25, 0.3) is 0 Å². The molecule has 0 N–H and O–H groups in total. The summed E-state index contributed by atoms with van der Waals surface area (Å²) in [6.07, 6.45) is 1.81. The molecule has 1 aromatic carbocycles. The highest BCUT2D eigenvalue weighted by Crippen LogP contribution is 2.31. The van der Waals surface area contributed by atoms with Crippen LogP contribution in [-0.2, 0) is 11.2 Å². The molecule has 1 aliphatic carbocycles. The number of carbonyl (C=O) groups is 2. The Bertz CT molecular complexity index is 423. The molecule has 0 unspecified atom stereocenters. The van der Waals surface area contributed by atoms with Gasteiger partial charge in [0.2, 0.25) is 0 Å². The van der Waals surface area contributed by atoms with Gasteiger partial charge in [0.1, 0.15) is 12.0 Å². The number of fused-ring (bicyclic) bond motifs is 1. The van der Waals surface area contributed by atoms with E-state index in [1.54, 1.807) is 6.07 Å². The number of ether oxygens (including phenoxy) is 1. The smallest absolute Gasteiger partial charge is 0.167 e. The van der Waals surface area contributed by atoms with Crippen molar-refractivity contribution in [1.29, 1.82) is 0 Å². The largest absolute Gasteiger partial charge is 0.494 e. The van der Waals surface area contributed by atoms with Gasteiger partial charge >= 0.3 is 0 Å². The summed E-state index contributed by atoms with van der Waals surface area (Å²) < 4.78 is 5.35. The maximum absolute atomic E-state index is 11.9. The van der Waals surface area contributed by atoms with Gasteiger partial charge < -0.3 is 9.53 Å². The third kappa shape index (κ3) is 1.85. The molecule has 0 radical (unpaired) electrons. The molecule has 3 heteroatoms. The van der Waals surface area contributed by atoms with Crippen LogP contribution in [0.4, 0.5) is 0 Å². The Kier molecular flexibility index (Phi) is 3.04. The van der Waals surface area contributed by atoms with Crippen molar-refractivity contribution >= 4 is 12.1 Å². The lowest BCUT2D eigenvalue weighted by Crippen LogP contribution is -2.09. The second-order valence-corrected chi connectivity index (χ2v) is 3.92. The van der Waals surface area contributed by atoms with E-state index in [1.807, 2.05) is 19.1 Å². The summed E-state index contributed by atoms with van der Waals surface area (Å²) in [7, 11) is 0. The van der Waals surface area contributed by atoms with Crippen LogP contribution < -0.4 is 4.74 Å². The Morgan fingerprint density at radius 1 is 1.50 bits per heavy atom. The van der Waals surface area contributed by atoms with Crippen LogP contribution in [0.25, 0.3) is 0 Å². The van der Waals surface area contributed by atoms with Crippen molar-refractivity contribution in [3.8, 4) is 5.75 Å². The minimum atomic E-state index is -0.163. The molecular weight excluding hydrogens is 204 g/mol. The molecule has 0 aliphatic heterocycles. The number of rotatable bonds is 4. The van der Waals surface area contributed by atoms with Crippen molar-refractivity contribution < 1.29 is 14.3 Å². The topological polar surface area (TPSA) is 43.4 Å². The maximum atomic E-state index is 11.9. The van der Waals surface area contributed by atoms with Crippen LogP contribution in [0.5, 0.6) is 5.75 Å². The molecule has 0 heterocycles. The summed E-state index contributed by atoms with van der Waals surface area (Å²) in [5.74, 6) is 0.634. The summed E-state index contributed by atoms with van der Waals surface area (Å²) in [5.41, 5.74) is 1.75. The zero-order valence-electron chi connectivity index (χ0n) is 9.23. The second kappa shape index (κ2) is 4.47. The normalized spacial score (nSPS) is 18.3. The standard InChI is InChI=1S/C13H14O3/c1-2-16-11-4-3-9-7-10(5-6-14)13(15)12(9)8-11/h3-4,6,8,10H,2,5,7H2,1H3/t10-/m1/s1. The van der Waals surface area contributed by atoms with Crippen molar-refractivity contribution in [1.82, 2.24) is 0 Å². The molecule has 2 rings (SSSR count). The lowest BCUT2D eigenvalue weighted by atomic mass is 10.0. The first-order chi connectivity index (χ1) is 7.76. The fourth-order valence-corrected chi connectivity index (χ4v) is 2.10. The van der Waals surface area contributed by atoms with E-state index in [1.165, 1.54) is 0 Å². The highest BCUT2D eigenvalue weighted by atomic mass is 16.5. The molecule has 0 aromatic heterocycles. The maximum Gasteiger partial charge on any atom is 0.167 e.